The van der Waals surface area contributed by atoms with Crippen molar-refractivity contribution in [3.63, 3.8) is 0 Å². The highest BCUT2D eigenvalue weighted by molar-refractivity contribution is 9.10. The Morgan fingerprint density at radius 1 is 1.33 bits per heavy atom. The molecule has 0 aliphatic carbocycles. The lowest BCUT2D eigenvalue weighted by Crippen LogP contribution is -2.53. The minimum absolute atomic E-state index is 1.12. The SMILES string of the molecule is Cn1cc[n+](C)c1[B-]c1ccccc1Br. The summed E-state index contributed by atoms with van der Waals surface area (Å²) in [7, 11) is 6.25. The second kappa shape index (κ2) is 4.23. The van der Waals surface area contributed by atoms with E-state index in [0.717, 1.165) is 4.47 Å². The topological polar surface area (TPSA) is 8.81 Å². The molecule has 0 bridgehead atoms. The molecule has 0 fully saturated rings. The van der Waals surface area contributed by atoms with E-state index in [4.69, 9.17) is 0 Å². The number of hydrogen-bond donors (Lipinski definition) is 0. The zero-order chi connectivity index (χ0) is 10.8. The van der Waals surface area contributed by atoms with Crippen LogP contribution < -0.4 is 15.8 Å². The molecule has 0 aliphatic rings. The molecular formula is C11H12BBrN2. The average molecular weight is 263 g/mol. The lowest BCUT2D eigenvalue weighted by Gasteiger charge is -2.15. The Balaban J connectivity index is 2.34. The number of aryl methyl sites for hydroxylation is 2. The van der Waals surface area contributed by atoms with Gasteiger partial charge in [0.2, 0.25) is 0 Å². The van der Waals surface area contributed by atoms with E-state index in [1.807, 2.05) is 38.6 Å². The van der Waals surface area contributed by atoms with Gasteiger partial charge in [0.15, 0.2) is 0 Å². The predicted octanol–water partition coefficient (Wildman–Crippen LogP) is 0.267. The third kappa shape index (κ3) is 2.15. The van der Waals surface area contributed by atoms with Crippen molar-refractivity contribution in [1.82, 2.24) is 4.57 Å². The van der Waals surface area contributed by atoms with E-state index in [1.165, 1.54) is 11.2 Å². The molecule has 0 spiro atoms. The highest BCUT2D eigenvalue weighted by Crippen LogP contribution is 2.03. The molecule has 1 aromatic carbocycles. The molecule has 76 valence electrons. The van der Waals surface area contributed by atoms with E-state index in [-0.39, 0.29) is 0 Å². The first kappa shape index (κ1) is 10.5. The number of halogens is 1. The lowest BCUT2D eigenvalue weighted by atomic mass is 9.69. The second-order valence-electron chi connectivity index (χ2n) is 3.54. The van der Waals surface area contributed by atoms with Crippen molar-refractivity contribution in [3.8, 4) is 0 Å². The van der Waals surface area contributed by atoms with Crippen LogP contribution in [0.2, 0.25) is 0 Å². The van der Waals surface area contributed by atoms with Gasteiger partial charge in [-0.3, -0.25) is 14.6 Å². The molecule has 0 N–H and O–H groups in total. The fourth-order valence-corrected chi connectivity index (χ4v) is 1.94. The summed E-state index contributed by atoms with van der Waals surface area (Å²) in [6, 6.07) is 8.21. The maximum atomic E-state index is 3.54. The van der Waals surface area contributed by atoms with Gasteiger partial charge in [-0.1, -0.05) is 34.1 Å². The van der Waals surface area contributed by atoms with Gasteiger partial charge in [-0.05, 0) is 4.47 Å². The van der Waals surface area contributed by atoms with Crippen LogP contribution in [0, 0.1) is 0 Å². The van der Waals surface area contributed by atoms with Crippen LogP contribution in [0.1, 0.15) is 0 Å². The summed E-state index contributed by atoms with van der Waals surface area (Å²) in [6.07, 6.45) is 4.09. The van der Waals surface area contributed by atoms with E-state index < -0.39 is 0 Å². The summed E-state index contributed by atoms with van der Waals surface area (Å²) in [5, 5.41) is 0. The zero-order valence-electron chi connectivity index (χ0n) is 8.81. The van der Waals surface area contributed by atoms with Crippen molar-refractivity contribution in [2.24, 2.45) is 14.1 Å². The molecule has 0 unspecified atom stereocenters. The molecule has 0 amide bonds. The smallest absolute Gasteiger partial charge is 0.125 e. The first-order valence-corrected chi connectivity index (χ1v) is 5.58. The third-order valence-electron chi connectivity index (χ3n) is 2.43. The van der Waals surface area contributed by atoms with Crippen LogP contribution in [0.4, 0.5) is 0 Å². The average Bonchev–Trinajstić information content (AvgIpc) is 2.53. The number of hydrogen-bond acceptors (Lipinski definition) is 0. The summed E-state index contributed by atoms with van der Waals surface area (Å²) in [5.74, 6) is 0. The first-order chi connectivity index (χ1) is 7.18. The lowest BCUT2D eigenvalue weighted by molar-refractivity contribution is -0.652. The van der Waals surface area contributed by atoms with E-state index in [2.05, 4.69) is 44.5 Å². The Kier molecular flexibility index (Phi) is 2.96. The molecule has 15 heavy (non-hydrogen) atoms. The van der Waals surface area contributed by atoms with Gasteiger partial charge in [0.05, 0.1) is 14.1 Å². The number of benzene rings is 1. The Morgan fingerprint density at radius 2 is 2.07 bits per heavy atom. The van der Waals surface area contributed by atoms with Crippen molar-refractivity contribution in [3.05, 3.63) is 41.1 Å². The Morgan fingerprint density at radius 3 is 2.67 bits per heavy atom. The Bertz CT molecular complexity index is 460. The fraction of sp³-hybridized carbons (Fsp3) is 0.182. The third-order valence-corrected chi connectivity index (χ3v) is 3.15. The standard InChI is InChI=1S/C11H12BBrN2/c1-14-7-8-15(2)11(14)12-9-5-3-4-6-10(9)13/h3-8H,1-2H3. The molecule has 1 heterocycles. The summed E-state index contributed by atoms with van der Waals surface area (Å²) in [6.45, 7) is 0. The highest BCUT2D eigenvalue weighted by atomic mass is 79.9. The second-order valence-corrected chi connectivity index (χ2v) is 4.40. The van der Waals surface area contributed by atoms with Crippen molar-refractivity contribution >= 4 is 34.4 Å². The number of nitrogens with zero attached hydrogens (tertiary/aromatic N) is 2. The van der Waals surface area contributed by atoms with Gasteiger partial charge in [0.1, 0.15) is 12.4 Å². The van der Waals surface area contributed by atoms with Crippen molar-refractivity contribution in [1.29, 1.82) is 0 Å². The maximum absolute atomic E-state index is 3.54. The van der Waals surface area contributed by atoms with E-state index in [9.17, 15) is 0 Å². The molecule has 2 rings (SSSR count). The summed E-state index contributed by atoms with van der Waals surface area (Å²) in [4.78, 5) is 0. The maximum Gasteiger partial charge on any atom is 0.125 e. The van der Waals surface area contributed by atoms with Gasteiger partial charge in [0, 0.05) is 5.72 Å². The molecule has 2 aromatic rings. The van der Waals surface area contributed by atoms with Crippen LogP contribution in [0.25, 0.3) is 0 Å². The molecule has 0 saturated carbocycles. The van der Waals surface area contributed by atoms with Gasteiger partial charge >= 0.3 is 0 Å². The molecule has 0 aliphatic heterocycles. The normalized spacial score (nSPS) is 10.6. The molecule has 4 heteroatoms. The quantitative estimate of drug-likeness (QED) is 0.543. The van der Waals surface area contributed by atoms with Gasteiger partial charge in [-0.15, -0.1) is 13.3 Å². The van der Waals surface area contributed by atoms with E-state index in [1.54, 1.807) is 0 Å². The highest BCUT2D eigenvalue weighted by Gasteiger charge is 2.00. The number of aromatic nitrogens is 2. The molecular weight excluding hydrogens is 251 g/mol. The Labute approximate surface area is 98.9 Å². The van der Waals surface area contributed by atoms with Crippen molar-refractivity contribution in [2.45, 2.75) is 0 Å². The van der Waals surface area contributed by atoms with Crippen molar-refractivity contribution < 1.29 is 4.57 Å². The van der Waals surface area contributed by atoms with Crippen LogP contribution >= 0.6 is 15.9 Å². The van der Waals surface area contributed by atoms with Crippen LogP contribution in [-0.4, -0.2) is 11.8 Å². The minimum Gasteiger partial charge on any atom is -0.280 e. The molecule has 2 radical (unpaired) electrons. The van der Waals surface area contributed by atoms with Gasteiger partial charge in [0.25, 0.3) is 0 Å². The number of rotatable bonds is 2. The monoisotopic (exact) mass is 262 g/mol. The van der Waals surface area contributed by atoms with Crippen LogP contribution in [-0.2, 0) is 14.1 Å². The molecule has 0 saturated heterocycles. The summed E-state index contributed by atoms with van der Waals surface area (Å²) in [5.41, 5.74) is 2.36. The van der Waals surface area contributed by atoms with E-state index in [0.29, 0.717) is 0 Å². The predicted molar refractivity (Wildman–Crippen MR) is 65.8 cm³/mol. The molecule has 0 atom stereocenters. The Hall–Kier alpha value is -1.03. The first-order valence-electron chi connectivity index (χ1n) is 4.79. The fourth-order valence-electron chi connectivity index (χ4n) is 1.54. The van der Waals surface area contributed by atoms with Crippen LogP contribution in [0.15, 0.2) is 41.1 Å². The largest absolute Gasteiger partial charge is 0.280 e. The van der Waals surface area contributed by atoms with Crippen LogP contribution in [0.5, 0.6) is 0 Å². The van der Waals surface area contributed by atoms with Crippen LogP contribution in [0.3, 0.4) is 0 Å². The molecule has 2 nitrogen and oxygen atoms in total. The summed E-state index contributed by atoms with van der Waals surface area (Å²) >= 11 is 3.54. The van der Waals surface area contributed by atoms with Gasteiger partial charge in [-0.2, -0.15) is 0 Å². The van der Waals surface area contributed by atoms with Gasteiger partial charge in [-0.25, -0.2) is 0 Å². The molecule has 1 aromatic heterocycles. The minimum atomic E-state index is 1.12. The summed E-state index contributed by atoms with van der Waals surface area (Å²) < 4.78 is 5.31. The van der Waals surface area contributed by atoms with Crippen molar-refractivity contribution in [2.75, 3.05) is 0 Å². The van der Waals surface area contributed by atoms with E-state index >= 15 is 0 Å². The number of imidazole rings is 1. The van der Waals surface area contributed by atoms with Gasteiger partial charge < -0.3 is 0 Å². The zero-order valence-corrected chi connectivity index (χ0v) is 10.4.